The van der Waals surface area contributed by atoms with Crippen molar-refractivity contribution in [3.63, 3.8) is 0 Å². The Morgan fingerprint density at radius 1 is 1.03 bits per heavy atom. The van der Waals surface area contributed by atoms with Gasteiger partial charge in [0, 0.05) is 39.3 Å². The van der Waals surface area contributed by atoms with Crippen LogP contribution in [-0.2, 0) is 24.5 Å². The highest BCUT2D eigenvalue weighted by molar-refractivity contribution is 7.86. The Labute approximate surface area is 201 Å². The second kappa shape index (κ2) is 9.71. The van der Waals surface area contributed by atoms with Gasteiger partial charge in [-0.2, -0.15) is 17.0 Å². The number of hydrogen-bond acceptors (Lipinski definition) is 6. The molecule has 192 valence electrons. The molecular formula is C22H37N5O6S. The minimum absolute atomic E-state index is 0.175. The van der Waals surface area contributed by atoms with E-state index in [4.69, 9.17) is 4.74 Å². The Balaban J connectivity index is 1.32. The lowest BCUT2D eigenvalue weighted by atomic mass is 9.75. The summed E-state index contributed by atoms with van der Waals surface area (Å²) in [5.41, 5.74) is -0.873. The van der Waals surface area contributed by atoms with Gasteiger partial charge in [-0.15, -0.1) is 0 Å². The zero-order valence-corrected chi connectivity index (χ0v) is 21.2. The second-order valence-corrected chi connectivity index (χ2v) is 12.0. The maximum Gasteiger partial charge on any atom is 0.325 e. The molecule has 3 saturated heterocycles. The summed E-state index contributed by atoms with van der Waals surface area (Å²) in [6.45, 7) is 6.94. The molecule has 12 heteroatoms. The van der Waals surface area contributed by atoms with E-state index in [1.807, 2.05) is 13.8 Å². The number of urea groups is 1. The first kappa shape index (κ1) is 25.3. The van der Waals surface area contributed by atoms with Gasteiger partial charge < -0.3 is 15.0 Å². The molecule has 1 N–H and O–H groups in total. The van der Waals surface area contributed by atoms with Crippen molar-refractivity contribution in [3.8, 4) is 0 Å². The Kier molecular flexibility index (Phi) is 7.24. The molecule has 34 heavy (non-hydrogen) atoms. The van der Waals surface area contributed by atoms with Gasteiger partial charge in [0.05, 0.1) is 12.2 Å². The summed E-state index contributed by atoms with van der Waals surface area (Å²) in [6.07, 6.45) is 3.71. The normalized spacial score (nSPS) is 34.0. The van der Waals surface area contributed by atoms with E-state index in [-0.39, 0.29) is 56.7 Å². The highest BCUT2D eigenvalue weighted by atomic mass is 32.2. The fourth-order valence-electron chi connectivity index (χ4n) is 5.62. The van der Waals surface area contributed by atoms with Crippen molar-refractivity contribution in [2.75, 3.05) is 45.8 Å². The van der Waals surface area contributed by atoms with Crippen LogP contribution in [0, 0.1) is 5.92 Å². The summed E-state index contributed by atoms with van der Waals surface area (Å²) in [4.78, 5) is 41.1. The van der Waals surface area contributed by atoms with Gasteiger partial charge in [0.1, 0.15) is 12.1 Å². The van der Waals surface area contributed by atoms with Gasteiger partial charge in [0.2, 0.25) is 5.91 Å². The quantitative estimate of drug-likeness (QED) is 0.546. The Bertz CT molecular complexity index is 901. The van der Waals surface area contributed by atoms with Crippen LogP contribution in [0.25, 0.3) is 0 Å². The maximum atomic E-state index is 13.1. The fourth-order valence-corrected chi connectivity index (χ4v) is 7.37. The lowest BCUT2D eigenvalue weighted by Gasteiger charge is -2.40. The van der Waals surface area contributed by atoms with Crippen LogP contribution in [0.2, 0.25) is 0 Å². The lowest BCUT2D eigenvalue weighted by Crippen LogP contribution is -2.58. The summed E-state index contributed by atoms with van der Waals surface area (Å²) in [7, 11) is -3.65. The lowest BCUT2D eigenvalue weighted by molar-refractivity contribution is -0.140. The first-order valence-electron chi connectivity index (χ1n) is 12.4. The summed E-state index contributed by atoms with van der Waals surface area (Å²) in [6, 6.07) is -0.509. The molecule has 11 nitrogen and oxygen atoms in total. The van der Waals surface area contributed by atoms with Crippen molar-refractivity contribution >= 4 is 28.1 Å². The van der Waals surface area contributed by atoms with Crippen molar-refractivity contribution in [1.29, 1.82) is 0 Å². The minimum atomic E-state index is -3.65. The topological polar surface area (TPSA) is 120 Å². The number of rotatable bonds is 5. The number of nitrogens with zero attached hydrogens (tertiary/aromatic N) is 4. The van der Waals surface area contributed by atoms with Crippen LogP contribution in [0.3, 0.4) is 0 Å². The third-order valence-electron chi connectivity index (χ3n) is 7.71. The van der Waals surface area contributed by atoms with Gasteiger partial charge in [-0.05, 0) is 45.4 Å². The zero-order chi connectivity index (χ0) is 24.7. The molecule has 1 spiro atoms. The number of carbonyl (C=O) groups excluding carboxylic acids is 3. The Morgan fingerprint density at radius 2 is 1.62 bits per heavy atom. The Morgan fingerprint density at radius 3 is 2.18 bits per heavy atom. The molecule has 3 aliphatic heterocycles. The third-order valence-corrected chi connectivity index (χ3v) is 9.67. The number of imide groups is 1. The number of carbonyl (C=O) groups is 3. The van der Waals surface area contributed by atoms with Gasteiger partial charge >= 0.3 is 6.03 Å². The SMILES string of the molecule is CCC1CCC2(CC1)NC(=O)N(CC(=O)N1CCN(S(=O)(=O)N3CC(C)OC(C)C3)CC1)C2=O. The molecule has 0 aromatic carbocycles. The number of piperazine rings is 1. The van der Waals surface area contributed by atoms with Gasteiger partial charge in [-0.3, -0.25) is 14.5 Å². The predicted octanol–water partition coefficient (Wildman–Crippen LogP) is 0.375. The summed E-state index contributed by atoms with van der Waals surface area (Å²) in [5.74, 6) is -0.0758. The predicted molar refractivity (Wildman–Crippen MR) is 124 cm³/mol. The van der Waals surface area contributed by atoms with E-state index in [0.717, 1.165) is 24.2 Å². The monoisotopic (exact) mass is 499 g/mol. The molecule has 2 atom stereocenters. The summed E-state index contributed by atoms with van der Waals surface area (Å²) < 4.78 is 34.6. The van der Waals surface area contributed by atoms with E-state index in [0.29, 0.717) is 31.8 Å². The molecule has 0 aromatic heterocycles. The molecule has 2 unspecified atom stereocenters. The number of amides is 4. The van der Waals surface area contributed by atoms with Crippen LogP contribution in [0.5, 0.6) is 0 Å². The second-order valence-electron chi connectivity index (χ2n) is 10.1. The van der Waals surface area contributed by atoms with Crippen molar-refractivity contribution in [3.05, 3.63) is 0 Å². The van der Waals surface area contributed by atoms with Crippen molar-refractivity contribution in [1.82, 2.24) is 23.7 Å². The first-order chi connectivity index (χ1) is 16.1. The van der Waals surface area contributed by atoms with Gasteiger partial charge in [0.15, 0.2) is 0 Å². The molecule has 4 fully saturated rings. The number of ether oxygens (including phenoxy) is 1. The van der Waals surface area contributed by atoms with E-state index < -0.39 is 21.8 Å². The third kappa shape index (κ3) is 4.82. The molecule has 0 aromatic rings. The van der Waals surface area contributed by atoms with E-state index in [9.17, 15) is 22.8 Å². The van der Waals surface area contributed by atoms with Gasteiger partial charge in [0.25, 0.3) is 16.1 Å². The highest BCUT2D eigenvalue weighted by Gasteiger charge is 2.53. The van der Waals surface area contributed by atoms with Gasteiger partial charge in [-0.25, -0.2) is 4.79 Å². The maximum absolute atomic E-state index is 13.1. The first-order valence-corrected chi connectivity index (χ1v) is 13.8. The molecular weight excluding hydrogens is 462 g/mol. The average molecular weight is 500 g/mol. The number of morpholine rings is 1. The molecule has 4 amide bonds. The van der Waals surface area contributed by atoms with Crippen molar-refractivity contribution in [2.24, 2.45) is 5.92 Å². The van der Waals surface area contributed by atoms with Crippen LogP contribution in [0.4, 0.5) is 4.79 Å². The van der Waals surface area contributed by atoms with Crippen LogP contribution in [0.15, 0.2) is 0 Å². The molecule has 0 bridgehead atoms. The van der Waals surface area contributed by atoms with E-state index >= 15 is 0 Å². The molecule has 0 radical (unpaired) electrons. The molecule has 1 saturated carbocycles. The standard InChI is InChI=1S/C22H37N5O6S/c1-4-18-5-7-22(8-6-18)20(29)27(21(30)23-22)15-19(28)24-9-11-25(12-10-24)34(31,32)26-13-16(2)33-17(3)14-26/h16-18H,4-15H2,1-3H3,(H,23,30). The summed E-state index contributed by atoms with van der Waals surface area (Å²) in [5, 5.41) is 2.86. The minimum Gasteiger partial charge on any atom is -0.373 e. The average Bonchev–Trinajstić information content (AvgIpc) is 3.03. The van der Waals surface area contributed by atoms with Crippen molar-refractivity contribution < 1.29 is 27.5 Å². The van der Waals surface area contributed by atoms with E-state index in [1.165, 1.54) is 13.5 Å². The van der Waals surface area contributed by atoms with E-state index in [2.05, 4.69) is 12.2 Å². The number of hydrogen-bond donors (Lipinski definition) is 1. The molecule has 4 aliphatic rings. The largest absolute Gasteiger partial charge is 0.373 e. The van der Waals surface area contributed by atoms with E-state index in [1.54, 1.807) is 0 Å². The van der Waals surface area contributed by atoms with Gasteiger partial charge in [-0.1, -0.05) is 13.3 Å². The molecule has 4 rings (SSSR count). The molecule has 1 aliphatic carbocycles. The smallest absolute Gasteiger partial charge is 0.325 e. The van der Waals surface area contributed by atoms with Crippen LogP contribution in [0.1, 0.15) is 52.9 Å². The van der Waals surface area contributed by atoms with Crippen LogP contribution >= 0.6 is 0 Å². The van der Waals surface area contributed by atoms with Crippen LogP contribution < -0.4 is 5.32 Å². The number of nitrogens with one attached hydrogen (secondary N) is 1. The summed E-state index contributed by atoms with van der Waals surface area (Å²) >= 11 is 0. The highest BCUT2D eigenvalue weighted by Crippen LogP contribution is 2.37. The fraction of sp³-hybridized carbons (Fsp3) is 0.864. The van der Waals surface area contributed by atoms with Crippen molar-refractivity contribution in [2.45, 2.75) is 70.6 Å². The Hall–Kier alpha value is -1.76. The molecule has 3 heterocycles. The van der Waals surface area contributed by atoms with Crippen LogP contribution in [-0.4, -0.2) is 108 Å². The zero-order valence-electron chi connectivity index (χ0n) is 20.4.